The van der Waals surface area contributed by atoms with E-state index in [0.717, 1.165) is 19.3 Å². The van der Waals surface area contributed by atoms with Gasteiger partial charge in [-0.2, -0.15) is 0 Å². The van der Waals surface area contributed by atoms with Gasteiger partial charge in [0.1, 0.15) is 0 Å². The Bertz CT molecular complexity index is 320. The second-order valence-electron chi connectivity index (χ2n) is 5.65. The van der Waals surface area contributed by atoms with Crippen molar-refractivity contribution in [3.8, 4) is 0 Å². The van der Waals surface area contributed by atoms with E-state index in [0.29, 0.717) is 6.42 Å². The molecule has 0 saturated carbocycles. The number of cyclic esters (lactones) is 2. The Morgan fingerprint density at radius 1 is 1.00 bits per heavy atom. The van der Waals surface area contributed by atoms with Crippen molar-refractivity contribution in [2.24, 2.45) is 5.92 Å². The van der Waals surface area contributed by atoms with E-state index in [2.05, 4.69) is 23.8 Å². The zero-order valence-corrected chi connectivity index (χ0v) is 12.7. The first-order valence-corrected chi connectivity index (χ1v) is 8.13. The summed E-state index contributed by atoms with van der Waals surface area (Å²) in [7, 11) is 0. The van der Waals surface area contributed by atoms with Gasteiger partial charge in [-0.05, 0) is 25.7 Å². The lowest BCUT2D eigenvalue weighted by atomic mass is 9.99. The molecule has 1 aliphatic rings. The number of allylic oxidation sites excluding steroid dienone is 2. The molecule has 1 aliphatic heterocycles. The Morgan fingerprint density at radius 3 is 2.30 bits per heavy atom. The number of hydrogen-bond donors (Lipinski definition) is 0. The molecule has 1 atom stereocenters. The summed E-state index contributed by atoms with van der Waals surface area (Å²) in [6, 6.07) is 0. The predicted molar refractivity (Wildman–Crippen MR) is 80.2 cm³/mol. The molecule has 0 aromatic heterocycles. The van der Waals surface area contributed by atoms with Crippen LogP contribution in [0.15, 0.2) is 12.2 Å². The minimum atomic E-state index is -0.351. The first-order chi connectivity index (χ1) is 9.74. The SMILES string of the molecule is CCC/C=C/CCCCCCCCC1CC(=O)OC1=O. The summed E-state index contributed by atoms with van der Waals surface area (Å²) in [5, 5.41) is 0. The van der Waals surface area contributed by atoms with Gasteiger partial charge in [-0.15, -0.1) is 0 Å². The first kappa shape index (κ1) is 16.9. The Kier molecular flexibility index (Phi) is 9.01. The molecule has 1 saturated heterocycles. The van der Waals surface area contributed by atoms with Crippen LogP contribution in [0.25, 0.3) is 0 Å². The highest BCUT2D eigenvalue weighted by atomic mass is 16.6. The van der Waals surface area contributed by atoms with E-state index >= 15 is 0 Å². The van der Waals surface area contributed by atoms with Crippen LogP contribution in [-0.4, -0.2) is 11.9 Å². The van der Waals surface area contributed by atoms with E-state index in [1.807, 2.05) is 0 Å². The van der Waals surface area contributed by atoms with Gasteiger partial charge in [-0.1, -0.05) is 57.6 Å². The summed E-state index contributed by atoms with van der Waals surface area (Å²) in [5.41, 5.74) is 0. The number of hydrogen-bond acceptors (Lipinski definition) is 3. The third-order valence-electron chi connectivity index (χ3n) is 3.76. The zero-order valence-electron chi connectivity index (χ0n) is 12.7. The Morgan fingerprint density at radius 2 is 1.65 bits per heavy atom. The largest absolute Gasteiger partial charge is 0.393 e. The van der Waals surface area contributed by atoms with E-state index in [4.69, 9.17) is 0 Å². The number of esters is 2. The molecule has 1 unspecified atom stereocenters. The van der Waals surface area contributed by atoms with Gasteiger partial charge in [0, 0.05) is 0 Å². The van der Waals surface area contributed by atoms with Gasteiger partial charge in [0.15, 0.2) is 0 Å². The molecule has 0 radical (unpaired) electrons. The fraction of sp³-hybridized carbons (Fsp3) is 0.765. The highest BCUT2D eigenvalue weighted by Gasteiger charge is 2.32. The van der Waals surface area contributed by atoms with Crippen molar-refractivity contribution < 1.29 is 14.3 Å². The van der Waals surface area contributed by atoms with E-state index in [1.54, 1.807) is 0 Å². The van der Waals surface area contributed by atoms with Crippen LogP contribution >= 0.6 is 0 Å². The molecule has 0 aromatic carbocycles. The lowest BCUT2D eigenvalue weighted by Crippen LogP contribution is -2.06. The second kappa shape index (κ2) is 10.6. The number of rotatable bonds is 11. The van der Waals surface area contributed by atoms with Crippen molar-refractivity contribution in [2.75, 3.05) is 0 Å². The lowest BCUT2D eigenvalue weighted by Gasteiger charge is -2.04. The van der Waals surface area contributed by atoms with Gasteiger partial charge < -0.3 is 4.74 Å². The second-order valence-corrected chi connectivity index (χ2v) is 5.65. The summed E-state index contributed by atoms with van der Waals surface area (Å²) in [5.74, 6) is -0.823. The summed E-state index contributed by atoms with van der Waals surface area (Å²) in [6.07, 6.45) is 16.6. The van der Waals surface area contributed by atoms with Gasteiger partial charge in [0.05, 0.1) is 12.3 Å². The summed E-state index contributed by atoms with van der Waals surface area (Å²) >= 11 is 0. The molecule has 1 fully saturated rings. The van der Waals surface area contributed by atoms with E-state index < -0.39 is 0 Å². The molecule has 3 nitrogen and oxygen atoms in total. The minimum Gasteiger partial charge on any atom is -0.393 e. The maximum Gasteiger partial charge on any atom is 0.317 e. The molecule has 20 heavy (non-hydrogen) atoms. The normalized spacial score (nSPS) is 18.9. The van der Waals surface area contributed by atoms with Crippen molar-refractivity contribution in [2.45, 2.75) is 77.6 Å². The summed E-state index contributed by atoms with van der Waals surface area (Å²) in [6.45, 7) is 2.20. The van der Waals surface area contributed by atoms with Gasteiger partial charge in [0.2, 0.25) is 0 Å². The first-order valence-electron chi connectivity index (χ1n) is 8.13. The minimum absolute atomic E-state index is 0.161. The standard InChI is InChI=1S/C17H28O3/c1-2-3-4-5-6-7-8-9-10-11-12-13-15-14-16(18)20-17(15)19/h4-5,15H,2-3,6-14H2,1H3/b5-4+. The predicted octanol–water partition coefficient (Wildman–Crippen LogP) is 4.55. The van der Waals surface area contributed by atoms with Crippen LogP contribution in [-0.2, 0) is 14.3 Å². The van der Waals surface area contributed by atoms with Crippen LogP contribution in [0.2, 0.25) is 0 Å². The van der Waals surface area contributed by atoms with Crippen LogP contribution in [0.4, 0.5) is 0 Å². The fourth-order valence-corrected chi connectivity index (χ4v) is 2.50. The quantitative estimate of drug-likeness (QED) is 0.241. The fourth-order valence-electron chi connectivity index (χ4n) is 2.50. The zero-order chi connectivity index (χ0) is 14.6. The topological polar surface area (TPSA) is 43.4 Å². The van der Waals surface area contributed by atoms with Crippen LogP contribution in [0.3, 0.4) is 0 Å². The average Bonchev–Trinajstić information content (AvgIpc) is 2.74. The van der Waals surface area contributed by atoms with E-state index in [1.165, 1.54) is 44.9 Å². The molecule has 114 valence electrons. The maximum atomic E-state index is 11.2. The molecule has 1 rings (SSSR count). The van der Waals surface area contributed by atoms with Crippen molar-refractivity contribution in [3.05, 3.63) is 12.2 Å². The molecule has 0 spiro atoms. The van der Waals surface area contributed by atoms with Crippen LogP contribution < -0.4 is 0 Å². The van der Waals surface area contributed by atoms with Crippen LogP contribution in [0.5, 0.6) is 0 Å². The molecule has 0 bridgehead atoms. The van der Waals surface area contributed by atoms with Crippen molar-refractivity contribution in [3.63, 3.8) is 0 Å². The Balaban J connectivity index is 1.85. The van der Waals surface area contributed by atoms with Crippen LogP contribution in [0.1, 0.15) is 77.6 Å². The number of carbonyl (C=O) groups is 2. The molecular weight excluding hydrogens is 252 g/mol. The van der Waals surface area contributed by atoms with E-state index in [9.17, 15) is 9.59 Å². The number of ether oxygens (including phenoxy) is 1. The molecule has 0 amide bonds. The monoisotopic (exact) mass is 280 g/mol. The van der Waals surface area contributed by atoms with Crippen molar-refractivity contribution in [1.82, 2.24) is 0 Å². The molecule has 1 heterocycles. The molecule has 0 aliphatic carbocycles. The highest BCUT2D eigenvalue weighted by Crippen LogP contribution is 2.22. The van der Waals surface area contributed by atoms with Gasteiger partial charge >= 0.3 is 11.9 Å². The van der Waals surface area contributed by atoms with Gasteiger partial charge in [0.25, 0.3) is 0 Å². The molecule has 0 aromatic rings. The van der Waals surface area contributed by atoms with Crippen LogP contribution in [0, 0.1) is 5.92 Å². The molecule has 3 heteroatoms. The Labute approximate surface area is 122 Å². The average molecular weight is 280 g/mol. The van der Waals surface area contributed by atoms with Gasteiger partial charge in [-0.3, -0.25) is 9.59 Å². The van der Waals surface area contributed by atoms with Crippen molar-refractivity contribution >= 4 is 11.9 Å². The maximum absolute atomic E-state index is 11.2. The third-order valence-corrected chi connectivity index (χ3v) is 3.76. The highest BCUT2D eigenvalue weighted by molar-refractivity contribution is 5.94. The number of unbranched alkanes of at least 4 members (excludes halogenated alkanes) is 7. The summed E-state index contributed by atoms with van der Waals surface area (Å²) < 4.78 is 4.54. The van der Waals surface area contributed by atoms with Crippen molar-refractivity contribution in [1.29, 1.82) is 0 Å². The Hall–Kier alpha value is -1.12. The molecule has 0 N–H and O–H groups in total. The smallest absolute Gasteiger partial charge is 0.317 e. The summed E-state index contributed by atoms with van der Waals surface area (Å²) in [4.78, 5) is 22.2. The number of carbonyl (C=O) groups excluding carboxylic acids is 2. The molecular formula is C17H28O3. The lowest BCUT2D eigenvalue weighted by molar-refractivity contribution is -0.153. The van der Waals surface area contributed by atoms with E-state index in [-0.39, 0.29) is 17.9 Å². The van der Waals surface area contributed by atoms with Gasteiger partial charge in [-0.25, -0.2) is 0 Å². The third kappa shape index (κ3) is 7.46.